The summed E-state index contributed by atoms with van der Waals surface area (Å²) < 4.78 is 21.4. The Morgan fingerprint density at radius 1 is 1.06 bits per heavy atom. The maximum Gasteiger partial charge on any atom is 0.321 e. The molecular weight excluding hydrogens is 421 g/mol. The molecule has 1 saturated heterocycles. The molecule has 3 heterocycles. The number of hydrogen-bond donors (Lipinski definition) is 1. The Hall–Kier alpha value is -3.81. The van der Waals surface area contributed by atoms with Crippen LogP contribution in [0.1, 0.15) is 13.3 Å². The predicted octanol–water partition coefficient (Wildman–Crippen LogP) is 4.77. The summed E-state index contributed by atoms with van der Waals surface area (Å²) in [6.07, 6.45) is 2.78. The van der Waals surface area contributed by atoms with Crippen molar-refractivity contribution in [2.45, 2.75) is 13.3 Å². The van der Waals surface area contributed by atoms with Crippen molar-refractivity contribution >= 4 is 34.1 Å². The van der Waals surface area contributed by atoms with Crippen molar-refractivity contribution in [1.29, 1.82) is 0 Å². The van der Waals surface area contributed by atoms with Crippen molar-refractivity contribution in [3.05, 3.63) is 66.6 Å². The lowest BCUT2D eigenvalue weighted by atomic mass is 10.2. The molecule has 5 rings (SSSR count). The highest BCUT2D eigenvalue weighted by Crippen LogP contribution is 2.27. The third kappa shape index (κ3) is 4.28. The van der Waals surface area contributed by atoms with Crippen LogP contribution in [0.2, 0.25) is 0 Å². The molecule has 8 heteroatoms. The second-order valence-electron chi connectivity index (χ2n) is 8.05. The molecule has 0 unspecified atom stereocenters. The first-order chi connectivity index (χ1) is 16.1. The Balaban J connectivity index is 1.32. The number of benzene rings is 2. The van der Waals surface area contributed by atoms with Crippen LogP contribution < -0.4 is 15.0 Å². The van der Waals surface area contributed by atoms with Crippen molar-refractivity contribution < 1.29 is 13.9 Å². The normalized spacial score (nSPS) is 14.5. The van der Waals surface area contributed by atoms with Gasteiger partial charge >= 0.3 is 6.03 Å². The van der Waals surface area contributed by atoms with E-state index in [1.165, 1.54) is 12.1 Å². The minimum absolute atomic E-state index is 0.123. The quantitative estimate of drug-likeness (QED) is 0.490. The van der Waals surface area contributed by atoms with Crippen LogP contribution in [0.4, 0.5) is 20.7 Å². The van der Waals surface area contributed by atoms with Crippen LogP contribution in [0.25, 0.3) is 16.6 Å². The topological polar surface area (TPSA) is 62.1 Å². The SMILES string of the molecule is CCOc1ccc(NC(=O)N2CCCN(c3nc4cc(F)ccc4n4cccc34)CC2)cc1. The van der Waals surface area contributed by atoms with Crippen molar-refractivity contribution in [3.8, 4) is 5.75 Å². The number of carbonyl (C=O) groups excluding carboxylic acids is 1. The Labute approximate surface area is 191 Å². The molecule has 0 spiro atoms. The Kier molecular flexibility index (Phi) is 5.73. The smallest absolute Gasteiger partial charge is 0.321 e. The fourth-order valence-electron chi connectivity index (χ4n) is 4.30. The summed E-state index contributed by atoms with van der Waals surface area (Å²) in [4.78, 5) is 21.7. The summed E-state index contributed by atoms with van der Waals surface area (Å²) in [6.45, 7) is 5.17. The fourth-order valence-corrected chi connectivity index (χ4v) is 4.30. The first-order valence-corrected chi connectivity index (χ1v) is 11.2. The maximum atomic E-state index is 13.9. The summed E-state index contributed by atoms with van der Waals surface area (Å²) in [5, 5.41) is 2.97. The minimum atomic E-state index is -0.305. The lowest BCUT2D eigenvalue weighted by Gasteiger charge is -2.24. The lowest BCUT2D eigenvalue weighted by molar-refractivity contribution is 0.215. The molecule has 7 nitrogen and oxygen atoms in total. The van der Waals surface area contributed by atoms with Gasteiger partial charge in [0.1, 0.15) is 11.6 Å². The van der Waals surface area contributed by atoms with Gasteiger partial charge in [0.15, 0.2) is 5.82 Å². The number of aromatic nitrogens is 2. The van der Waals surface area contributed by atoms with E-state index in [2.05, 4.69) is 10.2 Å². The fraction of sp³-hybridized carbons (Fsp3) is 0.280. The van der Waals surface area contributed by atoms with Crippen LogP contribution in [-0.2, 0) is 0 Å². The number of nitrogens with zero attached hydrogens (tertiary/aromatic N) is 4. The second kappa shape index (κ2) is 8.97. The minimum Gasteiger partial charge on any atom is -0.494 e. The van der Waals surface area contributed by atoms with E-state index in [0.717, 1.165) is 41.3 Å². The van der Waals surface area contributed by atoms with Gasteiger partial charge < -0.3 is 24.3 Å². The molecule has 2 aromatic carbocycles. The number of fused-ring (bicyclic) bond motifs is 3. The Morgan fingerprint density at radius 3 is 2.73 bits per heavy atom. The van der Waals surface area contributed by atoms with Gasteiger partial charge in [0.05, 0.1) is 23.2 Å². The van der Waals surface area contributed by atoms with Gasteiger partial charge in [0, 0.05) is 44.1 Å². The Morgan fingerprint density at radius 2 is 1.91 bits per heavy atom. The van der Waals surface area contributed by atoms with Crippen LogP contribution in [0.15, 0.2) is 60.8 Å². The van der Waals surface area contributed by atoms with Crippen LogP contribution in [0.5, 0.6) is 5.75 Å². The monoisotopic (exact) mass is 447 g/mol. The highest BCUT2D eigenvalue weighted by Gasteiger charge is 2.22. The second-order valence-corrected chi connectivity index (χ2v) is 8.05. The summed E-state index contributed by atoms with van der Waals surface area (Å²) in [6, 6.07) is 15.9. The molecule has 0 bridgehead atoms. The zero-order valence-electron chi connectivity index (χ0n) is 18.5. The van der Waals surface area contributed by atoms with Crippen molar-refractivity contribution in [2.75, 3.05) is 43.0 Å². The van der Waals surface area contributed by atoms with Crippen molar-refractivity contribution in [3.63, 3.8) is 0 Å². The largest absolute Gasteiger partial charge is 0.494 e. The van der Waals surface area contributed by atoms with E-state index in [0.29, 0.717) is 31.8 Å². The maximum absolute atomic E-state index is 13.9. The molecule has 1 N–H and O–H groups in total. The molecule has 4 aromatic rings. The highest BCUT2D eigenvalue weighted by atomic mass is 19.1. The van der Waals surface area contributed by atoms with E-state index >= 15 is 0 Å². The molecule has 0 radical (unpaired) electrons. The first-order valence-electron chi connectivity index (χ1n) is 11.2. The van der Waals surface area contributed by atoms with Gasteiger partial charge in [-0.1, -0.05) is 0 Å². The first kappa shape index (κ1) is 21.1. The van der Waals surface area contributed by atoms with E-state index in [1.807, 2.05) is 58.8 Å². The van der Waals surface area contributed by atoms with Crippen LogP contribution >= 0.6 is 0 Å². The van der Waals surface area contributed by atoms with E-state index < -0.39 is 0 Å². The molecule has 0 atom stereocenters. The third-order valence-corrected chi connectivity index (χ3v) is 5.90. The van der Waals surface area contributed by atoms with Crippen LogP contribution in [0, 0.1) is 5.82 Å². The molecule has 2 amide bonds. The highest BCUT2D eigenvalue weighted by molar-refractivity contribution is 5.89. The predicted molar refractivity (Wildman–Crippen MR) is 128 cm³/mol. The van der Waals surface area contributed by atoms with Crippen molar-refractivity contribution in [1.82, 2.24) is 14.3 Å². The molecular formula is C25H26FN5O2. The number of urea groups is 1. The lowest BCUT2D eigenvalue weighted by Crippen LogP contribution is -2.38. The Bertz CT molecular complexity index is 1290. The van der Waals surface area contributed by atoms with Crippen LogP contribution in [0.3, 0.4) is 0 Å². The zero-order chi connectivity index (χ0) is 22.8. The van der Waals surface area contributed by atoms with Crippen molar-refractivity contribution in [2.24, 2.45) is 0 Å². The summed E-state index contributed by atoms with van der Waals surface area (Å²) in [7, 11) is 0. The van der Waals surface area contributed by atoms with Gasteiger partial charge in [0.2, 0.25) is 0 Å². The standard InChI is InChI=1S/C25H26FN5O2/c1-2-33-20-9-7-19(8-10-20)27-25(32)30-13-4-12-29(15-16-30)24-23-5-3-14-31(23)22-11-6-18(26)17-21(22)28-24/h3,5-11,14,17H,2,4,12-13,15-16H2,1H3,(H,27,32). The molecule has 0 saturated carbocycles. The van der Waals surface area contributed by atoms with Gasteiger partial charge in [-0.2, -0.15) is 0 Å². The van der Waals surface area contributed by atoms with Crippen LogP contribution in [-0.4, -0.2) is 53.1 Å². The van der Waals surface area contributed by atoms with Gasteiger partial charge in [-0.05, 0) is 61.9 Å². The van der Waals surface area contributed by atoms with E-state index in [-0.39, 0.29) is 11.8 Å². The number of carbonyl (C=O) groups is 1. The van der Waals surface area contributed by atoms with E-state index in [9.17, 15) is 9.18 Å². The molecule has 0 aliphatic carbocycles. The van der Waals surface area contributed by atoms with Gasteiger partial charge in [-0.15, -0.1) is 0 Å². The number of nitrogens with one attached hydrogen (secondary N) is 1. The van der Waals surface area contributed by atoms with E-state index in [1.54, 1.807) is 6.07 Å². The summed E-state index contributed by atoms with van der Waals surface area (Å²) >= 11 is 0. The number of rotatable bonds is 4. The molecule has 170 valence electrons. The number of halogens is 1. The number of anilines is 2. The van der Waals surface area contributed by atoms with E-state index in [4.69, 9.17) is 9.72 Å². The molecule has 1 aliphatic rings. The van der Waals surface area contributed by atoms with Gasteiger partial charge in [0.25, 0.3) is 0 Å². The summed E-state index contributed by atoms with van der Waals surface area (Å²) in [5.41, 5.74) is 3.19. The van der Waals surface area contributed by atoms with Gasteiger partial charge in [-0.3, -0.25) is 0 Å². The number of amides is 2. The number of ether oxygens (including phenoxy) is 1. The zero-order valence-corrected chi connectivity index (χ0v) is 18.5. The third-order valence-electron chi connectivity index (χ3n) is 5.90. The molecule has 1 fully saturated rings. The molecule has 1 aliphatic heterocycles. The van der Waals surface area contributed by atoms with Gasteiger partial charge in [-0.25, -0.2) is 14.2 Å². The summed E-state index contributed by atoms with van der Waals surface area (Å²) in [5.74, 6) is 1.28. The average Bonchev–Trinajstić information content (AvgIpc) is 3.17. The average molecular weight is 448 g/mol. The molecule has 2 aromatic heterocycles. The number of hydrogen-bond acceptors (Lipinski definition) is 4. The molecule has 33 heavy (non-hydrogen) atoms.